The summed E-state index contributed by atoms with van der Waals surface area (Å²) in [5.74, 6) is -3.00. The van der Waals surface area contributed by atoms with Gasteiger partial charge in [0.15, 0.2) is 6.61 Å². The van der Waals surface area contributed by atoms with E-state index in [0.717, 1.165) is 12.1 Å². The third-order valence-electron chi connectivity index (χ3n) is 4.20. The molecule has 2 aromatic rings. The molecular formula is C17H16F2N2O6. The van der Waals surface area contributed by atoms with Gasteiger partial charge in [0.05, 0.1) is 7.11 Å². The van der Waals surface area contributed by atoms with Gasteiger partial charge in [-0.05, 0) is 25.0 Å². The number of ether oxygens (including phenoxy) is 3. The summed E-state index contributed by atoms with van der Waals surface area (Å²) in [4.78, 5) is 23.7. The molecule has 27 heavy (non-hydrogen) atoms. The van der Waals surface area contributed by atoms with Gasteiger partial charge in [0.1, 0.15) is 29.4 Å². The van der Waals surface area contributed by atoms with Gasteiger partial charge in [-0.15, -0.1) is 0 Å². The maximum Gasteiger partial charge on any atom is 0.344 e. The summed E-state index contributed by atoms with van der Waals surface area (Å²) in [7, 11) is 1.26. The topological polar surface area (TPSA) is 99.9 Å². The van der Waals surface area contributed by atoms with Gasteiger partial charge in [-0.1, -0.05) is 9.94 Å². The lowest BCUT2D eigenvalue weighted by molar-refractivity contribution is -0.156. The van der Waals surface area contributed by atoms with E-state index >= 15 is 0 Å². The van der Waals surface area contributed by atoms with Crippen LogP contribution < -0.4 is 4.74 Å². The number of hydrogen-bond acceptors (Lipinski definition) is 7. The van der Waals surface area contributed by atoms with Crippen molar-refractivity contribution in [1.29, 1.82) is 0 Å². The number of carbonyl (C=O) groups excluding carboxylic acids is 2. The molecule has 8 nitrogen and oxygen atoms in total. The predicted molar refractivity (Wildman–Crippen MR) is 84.9 cm³/mol. The average molecular weight is 382 g/mol. The van der Waals surface area contributed by atoms with Gasteiger partial charge in [0, 0.05) is 17.7 Å². The smallest absolute Gasteiger partial charge is 0.344 e. The molecule has 10 heteroatoms. The van der Waals surface area contributed by atoms with Crippen molar-refractivity contribution in [1.82, 2.24) is 9.94 Å². The Balaban J connectivity index is 1.57. The lowest BCUT2D eigenvalue weighted by Gasteiger charge is -2.12. The lowest BCUT2D eigenvalue weighted by atomic mass is 10.1. The van der Waals surface area contributed by atoms with E-state index in [-0.39, 0.29) is 23.7 Å². The van der Waals surface area contributed by atoms with Gasteiger partial charge >= 0.3 is 11.9 Å². The molecule has 0 radical (unpaired) electrons. The fourth-order valence-electron chi connectivity index (χ4n) is 2.47. The van der Waals surface area contributed by atoms with Crippen LogP contribution in [0.3, 0.4) is 0 Å². The van der Waals surface area contributed by atoms with Crippen molar-refractivity contribution in [3.63, 3.8) is 0 Å². The van der Waals surface area contributed by atoms with Crippen LogP contribution >= 0.6 is 0 Å². The summed E-state index contributed by atoms with van der Waals surface area (Å²) in [5.41, 5.74) is -0.958. The van der Waals surface area contributed by atoms with E-state index in [1.54, 1.807) is 0 Å². The Morgan fingerprint density at radius 2 is 2.04 bits per heavy atom. The van der Waals surface area contributed by atoms with Crippen LogP contribution in [0.5, 0.6) is 5.88 Å². The molecule has 1 N–H and O–H groups in total. The molecule has 1 aromatic heterocycles. The lowest BCUT2D eigenvalue weighted by Crippen LogP contribution is -2.26. The molecule has 0 unspecified atom stereocenters. The van der Waals surface area contributed by atoms with E-state index < -0.39 is 35.6 Å². The largest absolute Gasteiger partial charge is 0.468 e. The van der Waals surface area contributed by atoms with E-state index in [1.165, 1.54) is 13.2 Å². The second kappa shape index (κ2) is 7.22. The second-order valence-corrected chi connectivity index (χ2v) is 6.10. The number of methoxy groups -OCH3 is 1. The SMILES string of the molecule is COC(=O)C1(COC(=O)COc2cc(-c3ccc(F)cc3F)n(O)n2)CC1. The summed E-state index contributed by atoms with van der Waals surface area (Å²) < 4.78 is 41.6. The number of aromatic nitrogens is 2. The Morgan fingerprint density at radius 1 is 1.30 bits per heavy atom. The van der Waals surface area contributed by atoms with Crippen LogP contribution in [0.15, 0.2) is 24.3 Å². The fraction of sp³-hybridized carbons (Fsp3) is 0.353. The number of benzene rings is 1. The van der Waals surface area contributed by atoms with E-state index in [0.29, 0.717) is 23.8 Å². The second-order valence-electron chi connectivity index (χ2n) is 6.10. The molecule has 0 bridgehead atoms. The molecular weight excluding hydrogens is 366 g/mol. The summed E-state index contributed by atoms with van der Waals surface area (Å²) in [6.45, 7) is -0.637. The number of hydrogen-bond donors (Lipinski definition) is 1. The Hall–Kier alpha value is -3.17. The summed E-state index contributed by atoms with van der Waals surface area (Å²) in [6, 6.07) is 4.00. The molecule has 0 atom stereocenters. The predicted octanol–water partition coefficient (Wildman–Crippen LogP) is 1.94. The van der Waals surface area contributed by atoms with Gasteiger partial charge in [-0.2, -0.15) is 0 Å². The third-order valence-corrected chi connectivity index (χ3v) is 4.20. The Kier molecular flexibility index (Phi) is 4.98. The maximum atomic E-state index is 13.8. The molecule has 1 aromatic carbocycles. The highest BCUT2D eigenvalue weighted by atomic mass is 19.1. The van der Waals surface area contributed by atoms with E-state index in [2.05, 4.69) is 9.84 Å². The fourth-order valence-corrected chi connectivity index (χ4v) is 2.47. The summed E-state index contributed by atoms with van der Waals surface area (Å²) >= 11 is 0. The average Bonchev–Trinajstić information content (AvgIpc) is 3.35. The van der Waals surface area contributed by atoms with E-state index in [1.807, 2.05) is 0 Å². The molecule has 1 fully saturated rings. The zero-order chi connectivity index (χ0) is 19.6. The molecule has 3 rings (SSSR count). The zero-order valence-corrected chi connectivity index (χ0v) is 14.3. The molecule has 144 valence electrons. The van der Waals surface area contributed by atoms with Gasteiger partial charge in [-0.25, -0.2) is 13.6 Å². The first kappa shape index (κ1) is 18.6. The van der Waals surface area contributed by atoms with Crippen molar-refractivity contribution in [3.05, 3.63) is 35.9 Å². The van der Waals surface area contributed by atoms with Gasteiger partial charge < -0.3 is 19.4 Å². The van der Waals surface area contributed by atoms with Crippen molar-refractivity contribution in [2.45, 2.75) is 12.8 Å². The number of halogens is 2. The Labute approximate surface area is 152 Å². The van der Waals surface area contributed by atoms with Gasteiger partial charge in [0.2, 0.25) is 5.88 Å². The number of rotatable bonds is 7. The Morgan fingerprint density at radius 3 is 2.67 bits per heavy atom. The molecule has 1 aliphatic rings. The van der Waals surface area contributed by atoms with Crippen LogP contribution in [-0.2, 0) is 19.1 Å². The van der Waals surface area contributed by atoms with Crippen LogP contribution in [0.4, 0.5) is 8.78 Å². The highest BCUT2D eigenvalue weighted by Crippen LogP contribution is 2.46. The molecule has 0 aliphatic heterocycles. The van der Waals surface area contributed by atoms with Crippen molar-refractivity contribution < 1.29 is 37.8 Å². The Bertz CT molecular complexity index is 878. The normalized spacial score (nSPS) is 14.5. The maximum absolute atomic E-state index is 13.8. The molecule has 1 saturated carbocycles. The molecule has 0 saturated heterocycles. The van der Waals surface area contributed by atoms with Crippen molar-refractivity contribution in [2.75, 3.05) is 20.3 Å². The standard InChI is InChI=1S/C17H16F2N2O6/c1-25-16(23)17(4-5-17)9-27-15(22)8-26-14-7-13(21(24)20-14)11-3-2-10(18)6-12(11)19/h2-3,6-7,24H,4-5,8-9H2,1H3. The minimum Gasteiger partial charge on any atom is -0.468 e. The first-order valence-corrected chi connectivity index (χ1v) is 7.96. The quantitative estimate of drug-likeness (QED) is 0.577. The zero-order valence-electron chi connectivity index (χ0n) is 14.3. The first-order valence-electron chi connectivity index (χ1n) is 7.96. The molecule has 1 aliphatic carbocycles. The molecule has 1 heterocycles. The molecule has 0 spiro atoms. The van der Waals surface area contributed by atoms with Crippen molar-refractivity contribution >= 4 is 11.9 Å². The monoisotopic (exact) mass is 382 g/mol. The molecule has 0 amide bonds. The summed E-state index contributed by atoms with van der Waals surface area (Å²) in [6.07, 6.45) is 1.16. The van der Waals surface area contributed by atoms with Gasteiger partial charge in [0.25, 0.3) is 0 Å². The van der Waals surface area contributed by atoms with Crippen LogP contribution in [0.2, 0.25) is 0 Å². The number of esters is 2. The van der Waals surface area contributed by atoms with Crippen molar-refractivity contribution in [2.24, 2.45) is 5.41 Å². The number of nitrogens with zero attached hydrogens (tertiary/aromatic N) is 2. The minimum absolute atomic E-state index is 0.0847. The van der Waals surface area contributed by atoms with Crippen LogP contribution in [0.25, 0.3) is 11.3 Å². The van der Waals surface area contributed by atoms with Crippen LogP contribution in [0, 0.1) is 17.0 Å². The number of carbonyl (C=O) groups is 2. The van der Waals surface area contributed by atoms with Crippen molar-refractivity contribution in [3.8, 4) is 17.1 Å². The van der Waals surface area contributed by atoms with Crippen LogP contribution in [0.1, 0.15) is 12.8 Å². The highest BCUT2D eigenvalue weighted by molar-refractivity contribution is 5.80. The van der Waals surface area contributed by atoms with E-state index in [4.69, 9.17) is 9.47 Å². The minimum atomic E-state index is -0.895. The summed E-state index contributed by atoms with van der Waals surface area (Å²) in [5, 5.41) is 13.3. The highest BCUT2D eigenvalue weighted by Gasteiger charge is 2.52. The first-order chi connectivity index (χ1) is 12.8. The van der Waals surface area contributed by atoms with E-state index in [9.17, 15) is 23.6 Å². The van der Waals surface area contributed by atoms with Gasteiger partial charge in [-0.3, -0.25) is 4.79 Å². The van der Waals surface area contributed by atoms with Crippen LogP contribution in [-0.4, -0.2) is 47.4 Å². The third kappa shape index (κ3) is 3.99.